The molecule has 0 atom stereocenters. The molecule has 1 N–H and O–H groups in total. The number of hydrogen-bond donors (Lipinski definition) is 1. The van der Waals surface area contributed by atoms with Crippen molar-refractivity contribution in [2.75, 3.05) is 5.32 Å². The highest BCUT2D eigenvalue weighted by Crippen LogP contribution is 2.29. The smallest absolute Gasteiger partial charge is 0.258 e. The van der Waals surface area contributed by atoms with E-state index in [0.29, 0.717) is 11.4 Å². The van der Waals surface area contributed by atoms with Gasteiger partial charge in [0.2, 0.25) is 0 Å². The topological polar surface area (TPSA) is 77.1 Å². The van der Waals surface area contributed by atoms with E-state index in [1.165, 1.54) is 0 Å². The van der Waals surface area contributed by atoms with Crippen LogP contribution in [0.5, 0.6) is 0 Å². The summed E-state index contributed by atoms with van der Waals surface area (Å²) in [6.45, 7) is 6.11. The van der Waals surface area contributed by atoms with Crippen LogP contribution in [0.1, 0.15) is 35.8 Å². The molecule has 31 heavy (non-hydrogen) atoms. The van der Waals surface area contributed by atoms with Gasteiger partial charge in [0, 0.05) is 29.4 Å². The van der Waals surface area contributed by atoms with Crippen LogP contribution in [-0.2, 0) is 0 Å². The highest BCUT2D eigenvalue weighted by molar-refractivity contribution is 6.07. The summed E-state index contributed by atoms with van der Waals surface area (Å²) in [4.78, 5) is 22.4. The third-order valence-corrected chi connectivity index (χ3v) is 5.23. The monoisotopic (exact) mass is 410 g/mol. The average molecular weight is 410 g/mol. The molecule has 1 aromatic carbocycles. The molecule has 4 heterocycles. The third kappa shape index (κ3) is 3.34. The second-order valence-electron chi connectivity index (χ2n) is 7.88. The minimum absolute atomic E-state index is 0.194. The van der Waals surface area contributed by atoms with Crippen molar-refractivity contribution in [3.63, 3.8) is 0 Å². The Labute approximate surface area is 179 Å². The van der Waals surface area contributed by atoms with Gasteiger partial charge in [0.1, 0.15) is 17.2 Å². The van der Waals surface area contributed by atoms with E-state index < -0.39 is 0 Å². The summed E-state index contributed by atoms with van der Waals surface area (Å²) in [6, 6.07) is 15.8. The summed E-state index contributed by atoms with van der Waals surface area (Å²) in [5, 5.41) is 8.28. The summed E-state index contributed by atoms with van der Waals surface area (Å²) in [5.41, 5.74) is 4.74. The zero-order valence-electron chi connectivity index (χ0n) is 17.6. The molecule has 0 fully saturated rings. The van der Waals surface area contributed by atoms with Crippen molar-refractivity contribution >= 4 is 28.4 Å². The van der Waals surface area contributed by atoms with Gasteiger partial charge in [-0.25, -0.2) is 14.6 Å². The molecule has 1 amide bonds. The van der Waals surface area contributed by atoms with E-state index in [-0.39, 0.29) is 11.9 Å². The van der Waals surface area contributed by atoms with Crippen LogP contribution in [0, 0.1) is 6.92 Å². The minimum atomic E-state index is -0.243. The number of pyridine rings is 2. The van der Waals surface area contributed by atoms with Gasteiger partial charge in [-0.15, -0.1) is 0 Å². The first-order valence-corrected chi connectivity index (χ1v) is 10.2. The fraction of sp³-hybridized carbons (Fsp3) is 0.167. The summed E-state index contributed by atoms with van der Waals surface area (Å²) in [7, 11) is 0. The number of fused-ring (bicyclic) bond motifs is 2. The molecule has 5 aromatic rings. The Morgan fingerprint density at radius 2 is 1.87 bits per heavy atom. The summed E-state index contributed by atoms with van der Waals surface area (Å²) < 4.78 is 3.76. The molecular formula is C24H22N6O. The average Bonchev–Trinajstić information content (AvgIpc) is 3.35. The number of imidazole rings is 1. The molecule has 5 rings (SSSR count). The van der Waals surface area contributed by atoms with Crippen LogP contribution in [-0.4, -0.2) is 30.1 Å². The maximum Gasteiger partial charge on any atom is 0.258 e. The van der Waals surface area contributed by atoms with Crippen LogP contribution >= 0.6 is 0 Å². The number of hydrogen-bond acceptors (Lipinski definition) is 4. The van der Waals surface area contributed by atoms with E-state index in [4.69, 9.17) is 4.98 Å². The summed E-state index contributed by atoms with van der Waals surface area (Å²) >= 11 is 0. The number of benzene rings is 1. The van der Waals surface area contributed by atoms with Gasteiger partial charge in [-0.2, -0.15) is 5.10 Å². The molecule has 0 saturated heterocycles. The number of anilines is 1. The van der Waals surface area contributed by atoms with Crippen molar-refractivity contribution in [1.29, 1.82) is 0 Å². The lowest BCUT2D eigenvalue weighted by Crippen LogP contribution is -2.14. The second-order valence-corrected chi connectivity index (χ2v) is 7.88. The summed E-state index contributed by atoms with van der Waals surface area (Å²) in [5.74, 6) is 0.389. The van der Waals surface area contributed by atoms with Gasteiger partial charge >= 0.3 is 0 Å². The molecule has 0 unspecified atom stereocenters. The van der Waals surface area contributed by atoms with Crippen LogP contribution < -0.4 is 5.32 Å². The van der Waals surface area contributed by atoms with E-state index in [1.807, 2.05) is 84.6 Å². The lowest BCUT2D eigenvalue weighted by Gasteiger charge is -2.09. The standard InChI is InChI=1S/C24H22N6O/c1-15(2)30-22-18(13-26-30)11-19(12-25-22)24(31)28-23-21(17-7-5-4-6-8-17)27-20-10-9-16(3)14-29(20)23/h4-15H,1-3H3,(H,28,31). The van der Waals surface area contributed by atoms with Crippen LogP contribution in [0.3, 0.4) is 0 Å². The van der Waals surface area contributed by atoms with Crippen LogP contribution in [0.15, 0.2) is 67.1 Å². The fourth-order valence-corrected chi connectivity index (χ4v) is 3.69. The Morgan fingerprint density at radius 3 is 2.65 bits per heavy atom. The first kappa shape index (κ1) is 19.0. The second kappa shape index (κ2) is 7.36. The van der Waals surface area contributed by atoms with Gasteiger partial charge in [-0.3, -0.25) is 9.20 Å². The van der Waals surface area contributed by atoms with Gasteiger partial charge in [-0.05, 0) is 38.5 Å². The fourth-order valence-electron chi connectivity index (χ4n) is 3.69. The van der Waals surface area contributed by atoms with E-state index >= 15 is 0 Å². The molecule has 7 nitrogen and oxygen atoms in total. The Hall–Kier alpha value is -4.00. The van der Waals surface area contributed by atoms with Crippen LogP contribution in [0.2, 0.25) is 0 Å². The van der Waals surface area contributed by atoms with Gasteiger partial charge in [0.25, 0.3) is 5.91 Å². The van der Waals surface area contributed by atoms with Crippen LogP contribution in [0.25, 0.3) is 27.9 Å². The number of nitrogens with zero attached hydrogens (tertiary/aromatic N) is 5. The SMILES string of the molecule is Cc1ccc2nc(-c3ccccc3)c(NC(=O)c3cnc4c(cnn4C(C)C)c3)n2c1. The Morgan fingerprint density at radius 1 is 1.06 bits per heavy atom. The number of aromatic nitrogens is 5. The molecule has 154 valence electrons. The maximum atomic E-state index is 13.2. The highest BCUT2D eigenvalue weighted by Gasteiger charge is 2.18. The first-order valence-electron chi connectivity index (χ1n) is 10.2. The predicted molar refractivity (Wildman–Crippen MR) is 121 cm³/mol. The van der Waals surface area contributed by atoms with Crippen LogP contribution in [0.4, 0.5) is 5.82 Å². The number of carbonyl (C=O) groups is 1. The van der Waals surface area contributed by atoms with Gasteiger partial charge in [0.15, 0.2) is 5.65 Å². The molecule has 0 bridgehead atoms. The molecule has 0 radical (unpaired) electrons. The van der Waals surface area contributed by atoms with Crippen molar-refractivity contribution in [2.45, 2.75) is 26.8 Å². The number of nitrogens with one attached hydrogen (secondary N) is 1. The number of aryl methyl sites for hydroxylation is 1. The normalized spacial score (nSPS) is 11.5. The van der Waals surface area contributed by atoms with E-state index in [0.717, 1.165) is 33.5 Å². The van der Waals surface area contributed by atoms with Crippen molar-refractivity contribution in [2.24, 2.45) is 0 Å². The number of rotatable bonds is 4. The molecule has 7 heteroatoms. The van der Waals surface area contributed by atoms with E-state index in [2.05, 4.69) is 15.4 Å². The lowest BCUT2D eigenvalue weighted by atomic mass is 10.1. The van der Waals surface area contributed by atoms with E-state index in [9.17, 15) is 4.79 Å². The molecule has 0 aliphatic heterocycles. The quantitative estimate of drug-likeness (QED) is 0.458. The van der Waals surface area contributed by atoms with Crippen molar-refractivity contribution < 1.29 is 4.79 Å². The van der Waals surface area contributed by atoms with Crippen molar-refractivity contribution in [3.8, 4) is 11.3 Å². The van der Waals surface area contributed by atoms with Gasteiger partial charge < -0.3 is 5.32 Å². The lowest BCUT2D eigenvalue weighted by molar-refractivity contribution is 0.102. The van der Waals surface area contributed by atoms with Crippen molar-refractivity contribution in [1.82, 2.24) is 24.1 Å². The number of carbonyl (C=O) groups excluding carboxylic acids is 1. The van der Waals surface area contributed by atoms with Crippen molar-refractivity contribution in [3.05, 3.63) is 78.2 Å². The molecule has 0 saturated carbocycles. The molecule has 4 aromatic heterocycles. The Bertz CT molecular complexity index is 1410. The Kier molecular flexibility index (Phi) is 4.51. The van der Waals surface area contributed by atoms with E-state index in [1.54, 1.807) is 12.4 Å². The summed E-state index contributed by atoms with van der Waals surface area (Å²) in [6.07, 6.45) is 5.31. The van der Waals surface area contributed by atoms with Gasteiger partial charge in [0.05, 0.1) is 11.8 Å². The van der Waals surface area contributed by atoms with Gasteiger partial charge in [-0.1, -0.05) is 36.4 Å². The molecule has 0 aliphatic carbocycles. The molecule has 0 spiro atoms. The first-order chi connectivity index (χ1) is 15.0. The minimum Gasteiger partial charge on any atom is -0.306 e. The highest BCUT2D eigenvalue weighted by atomic mass is 16.1. The number of amides is 1. The zero-order chi connectivity index (χ0) is 21.5. The largest absolute Gasteiger partial charge is 0.306 e. The maximum absolute atomic E-state index is 13.2. The predicted octanol–water partition coefficient (Wildman–Crippen LogP) is 4.89. The third-order valence-electron chi connectivity index (χ3n) is 5.23. The Balaban J connectivity index is 1.57. The molecular weight excluding hydrogens is 388 g/mol. The molecule has 0 aliphatic rings. The zero-order valence-corrected chi connectivity index (χ0v) is 17.6.